The van der Waals surface area contributed by atoms with Crippen LogP contribution in [0.3, 0.4) is 0 Å². The summed E-state index contributed by atoms with van der Waals surface area (Å²) in [7, 11) is 2.47. The molecule has 1 aromatic carbocycles. The first-order valence-electron chi connectivity index (χ1n) is 6.25. The molecule has 96 valence electrons. The topological polar surface area (TPSA) is 21.3 Å². The quantitative estimate of drug-likeness (QED) is 0.632. The largest absolute Gasteiger partial charge is 0.408 e. The van der Waals surface area contributed by atoms with Crippen LogP contribution in [0.2, 0.25) is 5.04 Å². The Morgan fingerprint density at radius 3 is 2.67 bits per heavy atom. The lowest BCUT2D eigenvalue weighted by Gasteiger charge is -2.27. The summed E-state index contributed by atoms with van der Waals surface area (Å²) in [5.74, 6) is 6.33. The molecule has 0 aromatic heterocycles. The van der Waals surface area contributed by atoms with E-state index >= 15 is 0 Å². The van der Waals surface area contributed by atoms with Gasteiger partial charge in [-0.1, -0.05) is 56.3 Å². The lowest BCUT2D eigenvalue weighted by atomic mass is 9.95. The molecule has 4 heteroatoms. The fourth-order valence-electron chi connectivity index (χ4n) is 1.76. The monoisotopic (exact) mass is 259 g/mol. The molecule has 1 unspecified atom stereocenters. The lowest BCUT2D eigenvalue weighted by Crippen LogP contribution is -2.43. The summed E-state index contributed by atoms with van der Waals surface area (Å²) in [6.07, 6.45) is 0. The molecule has 0 aliphatic carbocycles. The van der Waals surface area contributed by atoms with E-state index in [4.69, 9.17) is 4.43 Å². The van der Waals surface area contributed by atoms with Gasteiger partial charge < -0.3 is 9.41 Å². The third kappa shape index (κ3) is 5.09. The van der Waals surface area contributed by atoms with Crippen molar-refractivity contribution in [2.75, 3.05) is 13.7 Å². The van der Waals surface area contributed by atoms with Gasteiger partial charge in [0.2, 0.25) is 0 Å². The van der Waals surface area contributed by atoms with Crippen molar-refractivity contribution in [3.63, 3.8) is 0 Å². The SMILES string of the molecule is Bc1cccc(C#CCN[SiH](OC)C(C)(C)C)c1. The van der Waals surface area contributed by atoms with Crippen molar-refractivity contribution in [3.8, 4) is 11.8 Å². The maximum absolute atomic E-state index is 5.55. The van der Waals surface area contributed by atoms with Crippen LogP contribution in [0.5, 0.6) is 0 Å². The van der Waals surface area contributed by atoms with Crippen molar-refractivity contribution in [3.05, 3.63) is 29.8 Å². The van der Waals surface area contributed by atoms with Gasteiger partial charge in [-0.25, -0.2) is 0 Å². The van der Waals surface area contributed by atoms with E-state index in [2.05, 4.69) is 57.6 Å². The minimum absolute atomic E-state index is 0.208. The van der Waals surface area contributed by atoms with Gasteiger partial charge in [-0.2, -0.15) is 0 Å². The summed E-state index contributed by atoms with van der Waals surface area (Å²) < 4.78 is 5.55. The van der Waals surface area contributed by atoms with E-state index in [0.717, 1.165) is 5.56 Å². The van der Waals surface area contributed by atoms with Gasteiger partial charge in [-0.3, -0.25) is 0 Å². The summed E-state index contributed by atoms with van der Waals surface area (Å²) in [5.41, 5.74) is 2.32. The predicted octanol–water partition coefficient (Wildman–Crippen LogP) is 0.553. The van der Waals surface area contributed by atoms with Crippen molar-refractivity contribution < 1.29 is 4.43 Å². The number of benzene rings is 1. The van der Waals surface area contributed by atoms with Crippen LogP contribution in [0.15, 0.2) is 24.3 Å². The Balaban J connectivity index is 2.52. The normalized spacial score (nSPS) is 12.7. The minimum Gasteiger partial charge on any atom is -0.408 e. The second-order valence-corrected chi connectivity index (χ2v) is 8.91. The number of hydrogen-bond acceptors (Lipinski definition) is 2. The van der Waals surface area contributed by atoms with Gasteiger partial charge in [-0.15, -0.1) is 0 Å². The molecule has 1 rings (SSSR count). The fraction of sp³-hybridized carbons (Fsp3) is 0.429. The molecule has 18 heavy (non-hydrogen) atoms. The molecule has 0 radical (unpaired) electrons. The summed E-state index contributed by atoms with van der Waals surface area (Å²) in [5, 5.41) is 0.208. The average Bonchev–Trinajstić information content (AvgIpc) is 2.27. The molecule has 0 aliphatic rings. The molecule has 0 heterocycles. The van der Waals surface area contributed by atoms with E-state index in [0.29, 0.717) is 6.54 Å². The van der Waals surface area contributed by atoms with E-state index in [9.17, 15) is 0 Å². The Kier molecular flexibility index (Phi) is 5.68. The first-order valence-corrected chi connectivity index (χ1v) is 7.88. The smallest absolute Gasteiger partial charge is 0.258 e. The van der Waals surface area contributed by atoms with Gasteiger partial charge in [0, 0.05) is 12.7 Å². The molecular weight excluding hydrogens is 237 g/mol. The summed E-state index contributed by atoms with van der Waals surface area (Å²) in [6.45, 7) is 7.30. The van der Waals surface area contributed by atoms with E-state index in [1.54, 1.807) is 7.11 Å². The molecule has 0 spiro atoms. The van der Waals surface area contributed by atoms with E-state index in [1.165, 1.54) is 5.46 Å². The van der Waals surface area contributed by atoms with Gasteiger partial charge >= 0.3 is 0 Å². The molecule has 2 nitrogen and oxygen atoms in total. The zero-order chi connectivity index (χ0) is 13.6. The standard InChI is InChI=1S/C14H22BNOSi/c1-14(2,3)18(17-4)16-10-6-8-12-7-5-9-13(15)11-12/h5,7,9,11,16,18H,10,15H2,1-4H3. The molecule has 0 bridgehead atoms. The van der Waals surface area contributed by atoms with Crippen LogP contribution in [-0.2, 0) is 4.43 Å². The van der Waals surface area contributed by atoms with Gasteiger partial charge in [0.05, 0.1) is 6.54 Å². The van der Waals surface area contributed by atoms with Crippen molar-refractivity contribution in [2.24, 2.45) is 0 Å². The highest BCUT2D eigenvalue weighted by Crippen LogP contribution is 2.24. The van der Waals surface area contributed by atoms with Crippen LogP contribution in [0.25, 0.3) is 0 Å². The highest BCUT2D eigenvalue weighted by Gasteiger charge is 2.26. The lowest BCUT2D eigenvalue weighted by molar-refractivity contribution is 0.379. The van der Waals surface area contributed by atoms with E-state index in [1.807, 2.05) is 12.1 Å². The van der Waals surface area contributed by atoms with Gasteiger partial charge in [0.15, 0.2) is 0 Å². The molecule has 0 amide bonds. The molecule has 0 aliphatic heterocycles. The highest BCUT2D eigenvalue weighted by atomic mass is 28.3. The van der Waals surface area contributed by atoms with Gasteiger partial charge in [0.1, 0.15) is 7.85 Å². The van der Waals surface area contributed by atoms with Crippen molar-refractivity contribution in [1.82, 2.24) is 4.98 Å². The molecule has 1 atom stereocenters. The summed E-state index contributed by atoms with van der Waals surface area (Å²) in [4.78, 5) is 3.44. The predicted molar refractivity (Wildman–Crippen MR) is 83.4 cm³/mol. The first kappa shape index (κ1) is 15.0. The Morgan fingerprint density at radius 2 is 2.11 bits per heavy atom. The zero-order valence-electron chi connectivity index (χ0n) is 12.0. The van der Waals surface area contributed by atoms with E-state index < -0.39 is 9.20 Å². The summed E-state index contributed by atoms with van der Waals surface area (Å²) >= 11 is 0. The van der Waals surface area contributed by atoms with Crippen LogP contribution in [0.1, 0.15) is 26.3 Å². The maximum atomic E-state index is 5.55. The van der Waals surface area contributed by atoms with Crippen LogP contribution < -0.4 is 10.4 Å². The molecule has 1 N–H and O–H groups in total. The minimum atomic E-state index is -1.39. The number of rotatable bonds is 3. The maximum Gasteiger partial charge on any atom is 0.258 e. The van der Waals surface area contributed by atoms with Crippen LogP contribution in [0, 0.1) is 11.8 Å². The number of nitrogens with one attached hydrogen (secondary N) is 1. The molecule has 0 saturated heterocycles. The average molecular weight is 259 g/mol. The third-order valence-electron chi connectivity index (χ3n) is 2.65. The molecule has 1 aromatic rings. The second kappa shape index (κ2) is 6.79. The van der Waals surface area contributed by atoms with Crippen molar-refractivity contribution in [2.45, 2.75) is 25.8 Å². The van der Waals surface area contributed by atoms with Crippen molar-refractivity contribution in [1.29, 1.82) is 0 Å². The van der Waals surface area contributed by atoms with Crippen LogP contribution in [0.4, 0.5) is 0 Å². The second-order valence-electron chi connectivity index (χ2n) is 5.53. The Morgan fingerprint density at radius 1 is 1.39 bits per heavy atom. The van der Waals surface area contributed by atoms with Crippen LogP contribution >= 0.6 is 0 Å². The molecule has 0 saturated carbocycles. The van der Waals surface area contributed by atoms with E-state index in [-0.39, 0.29) is 5.04 Å². The Hall–Kier alpha value is -1.02. The zero-order valence-corrected chi connectivity index (χ0v) is 13.2. The Bertz CT molecular complexity index is 445. The third-order valence-corrected chi connectivity index (χ3v) is 5.27. The highest BCUT2D eigenvalue weighted by molar-refractivity contribution is 6.52. The number of hydrogen-bond donors (Lipinski definition) is 1. The Labute approximate surface area is 113 Å². The van der Waals surface area contributed by atoms with Crippen molar-refractivity contribution >= 4 is 22.5 Å². The van der Waals surface area contributed by atoms with Crippen LogP contribution in [-0.4, -0.2) is 30.7 Å². The summed E-state index contributed by atoms with van der Waals surface area (Å²) in [6, 6.07) is 8.25. The fourth-order valence-corrected chi connectivity index (χ4v) is 3.53. The van der Waals surface area contributed by atoms with Gasteiger partial charge in [-0.05, 0) is 11.1 Å². The molecular formula is C14H22BNOSi. The van der Waals surface area contributed by atoms with Gasteiger partial charge in [0.25, 0.3) is 9.20 Å². The molecule has 0 fully saturated rings. The first-order chi connectivity index (χ1) is 8.43.